The Bertz CT molecular complexity index is 275. The van der Waals surface area contributed by atoms with Gasteiger partial charge in [0.2, 0.25) is 0 Å². The maximum Gasteiger partial charge on any atom is 0.0487 e. The van der Waals surface area contributed by atoms with Crippen molar-refractivity contribution in [2.45, 2.75) is 149 Å². The zero-order chi connectivity index (χ0) is 20.7. The van der Waals surface area contributed by atoms with Crippen molar-refractivity contribution in [3.63, 3.8) is 0 Å². The van der Waals surface area contributed by atoms with Crippen molar-refractivity contribution in [2.75, 3.05) is 13.7 Å². The summed E-state index contributed by atoms with van der Waals surface area (Å²) in [5.41, 5.74) is 0. The molecule has 0 aliphatic rings. The Morgan fingerprint density at radius 1 is 0.464 bits per heavy atom. The van der Waals surface area contributed by atoms with E-state index in [1.54, 1.807) is 0 Å². The Hall–Kier alpha value is -0.0400. The molecule has 2 unspecified atom stereocenters. The van der Waals surface area contributed by atoms with Crippen LogP contribution in [0.3, 0.4) is 0 Å². The molecule has 0 aromatic rings. The molecule has 0 rings (SSSR count). The van der Waals surface area contributed by atoms with Crippen LogP contribution in [0.1, 0.15) is 149 Å². The van der Waals surface area contributed by atoms with E-state index < -0.39 is 0 Å². The first-order valence-corrected chi connectivity index (χ1v) is 13.2. The molecule has 0 aliphatic carbocycles. The van der Waals surface area contributed by atoms with E-state index in [1.165, 1.54) is 128 Å². The van der Waals surface area contributed by atoms with Crippen LogP contribution >= 0.6 is 0 Å². The molecular formula is C27H56O. The summed E-state index contributed by atoms with van der Waals surface area (Å²) >= 11 is 0. The number of hydrogen-bond donors (Lipinski definition) is 0. The fourth-order valence-corrected chi connectivity index (χ4v) is 4.21. The van der Waals surface area contributed by atoms with Crippen molar-refractivity contribution in [3.8, 4) is 0 Å². The van der Waals surface area contributed by atoms with Crippen molar-refractivity contribution < 1.29 is 4.74 Å². The van der Waals surface area contributed by atoms with E-state index in [0.717, 1.165) is 18.4 Å². The second kappa shape index (κ2) is 23.2. The first-order valence-electron chi connectivity index (χ1n) is 13.2. The van der Waals surface area contributed by atoms with Crippen LogP contribution in [0.2, 0.25) is 0 Å². The van der Waals surface area contributed by atoms with Gasteiger partial charge in [0.05, 0.1) is 0 Å². The van der Waals surface area contributed by atoms with E-state index in [1.807, 2.05) is 7.11 Å². The summed E-state index contributed by atoms with van der Waals surface area (Å²) in [6.07, 6.45) is 29.0. The molecule has 0 amide bonds. The Balaban J connectivity index is 3.05. The molecule has 28 heavy (non-hydrogen) atoms. The fourth-order valence-electron chi connectivity index (χ4n) is 4.21. The highest BCUT2D eigenvalue weighted by molar-refractivity contribution is 4.54. The van der Waals surface area contributed by atoms with Gasteiger partial charge in [-0.15, -0.1) is 0 Å². The summed E-state index contributed by atoms with van der Waals surface area (Å²) in [7, 11) is 1.81. The monoisotopic (exact) mass is 396 g/mol. The molecule has 0 fully saturated rings. The van der Waals surface area contributed by atoms with Gasteiger partial charge in [0.15, 0.2) is 0 Å². The van der Waals surface area contributed by atoms with E-state index >= 15 is 0 Å². The number of ether oxygens (including phenoxy) is 1. The van der Waals surface area contributed by atoms with Crippen molar-refractivity contribution in [2.24, 2.45) is 11.8 Å². The molecule has 1 heteroatoms. The van der Waals surface area contributed by atoms with Gasteiger partial charge >= 0.3 is 0 Å². The summed E-state index contributed by atoms with van der Waals surface area (Å²) in [5.74, 6) is 1.68. The van der Waals surface area contributed by atoms with Crippen LogP contribution < -0.4 is 0 Å². The zero-order valence-electron chi connectivity index (χ0n) is 20.4. The standard InChI is InChI=1S/C27H56O/c1-5-26(2)23-21-19-17-15-13-11-9-7-6-8-10-12-14-16-18-20-22-24-27(3)25-28-4/h26-27H,5-25H2,1-4H3. The van der Waals surface area contributed by atoms with Gasteiger partial charge < -0.3 is 4.74 Å². The van der Waals surface area contributed by atoms with E-state index in [2.05, 4.69) is 20.8 Å². The van der Waals surface area contributed by atoms with Gasteiger partial charge in [-0.25, -0.2) is 0 Å². The fraction of sp³-hybridized carbons (Fsp3) is 1.00. The van der Waals surface area contributed by atoms with Crippen molar-refractivity contribution in [1.29, 1.82) is 0 Å². The van der Waals surface area contributed by atoms with Crippen LogP contribution in [-0.2, 0) is 4.74 Å². The third-order valence-electron chi connectivity index (χ3n) is 6.54. The molecule has 0 aromatic carbocycles. The highest BCUT2D eigenvalue weighted by Crippen LogP contribution is 2.17. The lowest BCUT2D eigenvalue weighted by molar-refractivity contribution is 0.154. The summed E-state index contributed by atoms with van der Waals surface area (Å²) in [6.45, 7) is 7.95. The first kappa shape index (κ1) is 28.0. The highest BCUT2D eigenvalue weighted by Gasteiger charge is 2.01. The molecular weight excluding hydrogens is 340 g/mol. The quantitative estimate of drug-likeness (QED) is 0.156. The van der Waals surface area contributed by atoms with Gasteiger partial charge in [-0.05, 0) is 18.3 Å². The zero-order valence-corrected chi connectivity index (χ0v) is 20.4. The smallest absolute Gasteiger partial charge is 0.0487 e. The Kier molecular flexibility index (Phi) is 23.2. The van der Waals surface area contributed by atoms with Crippen molar-refractivity contribution in [1.82, 2.24) is 0 Å². The first-order chi connectivity index (χ1) is 13.7. The summed E-state index contributed by atoms with van der Waals surface area (Å²) < 4.78 is 5.20. The maximum atomic E-state index is 5.20. The van der Waals surface area contributed by atoms with Gasteiger partial charge in [-0.1, -0.05) is 143 Å². The van der Waals surface area contributed by atoms with Gasteiger partial charge in [-0.3, -0.25) is 0 Å². The molecule has 0 saturated heterocycles. The molecule has 0 aliphatic heterocycles. The number of hydrogen-bond acceptors (Lipinski definition) is 1. The predicted molar refractivity (Wildman–Crippen MR) is 128 cm³/mol. The molecule has 0 radical (unpaired) electrons. The average Bonchev–Trinajstić information content (AvgIpc) is 2.69. The molecule has 0 saturated carbocycles. The minimum atomic E-state index is 0.740. The van der Waals surface area contributed by atoms with Crippen LogP contribution in [0.25, 0.3) is 0 Å². The third-order valence-corrected chi connectivity index (χ3v) is 6.54. The highest BCUT2D eigenvalue weighted by atomic mass is 16.5. The summed E-state index contributed by atoms with van der Waals surface area (Å²) in [6, 6.07) is 0. The molecule has 170 valence electrons. The van der Waals surface area contributed by atoms with Crippen LogP contribution in [0.4, 0.5) is 0 Å². The maximum absolute atomic E-state index is 5.20. The van der Waals surface area contributed by atoms with Crippen LogP contribution in [0.5, 0.6) is 0 Å². The molecule has 2 atom stereocenters. The van der Waals surface area contributed by atoms with Crippen molar-refractivity contribution >= 4 is 0 Å². The van der Waals surface area contributed by atoms with E-state index in [-0.39, 0.29) is 0 Å². The minimum Gasteiger partial charge on any atom is -0.384 e. The lowest BCUT2D eigenvalue weighted by Gasteiger charge is -2.09. The van der Waals surface area contributed by atoms with Gasteiger partial charge in [0, 0.05) is 13.7 Å². The summed E-state index contributed by atoms with van der Waals surface area (Å²) in [4.78, 5) is 0. The lowest BCUT2D eigenvalue weighted by atomic mass is 9.99. The number of unbranched alkanes of at least 4 members (excludes halogenated alkanes) is 16. The number of rotatable bonds is 23. The predicted octanol–water partition coefficient (Wildman–Crippen LogP) is 9.73. The van der Waals surface area contributed by atoms with Gasteiger partial charge in [-0.2, -0.15) is 0 Å². The Labute approximate surface area is 179 Å². The second-order valence-electron chi connectivity index (χ2n) is 9.66. The Morgan fingerprint density at radius 3 is 1.04 bits per heavy atom. The lowest BCUT2D eigenvalue weighted by Crippen LogP contribution is -2.02. The SMILES string of the molecule is CCC(C)CCCCCCCCCCCCCCCCCCCC(C)COC. The van der Waals surface area contributed by atoms with E-state index in [0.29, 0.717) is 0 Å². The Morgan fingerprint density at radius 2 is 0.750 bits per heavy atom. The van der Waals surface area contributed by atoms with Crippen LogP contribution in [0, 0.1) is 11.8 Å². The van der Waals surface area contributed by atoms with Gasteiger partial charge in [0.25, 0.3) is 0 Å². The van der Waals surface area contributed by atoms with E-state index in [4.69, 9.17) is 4.74 Å². The van der Waals surface area contributed by atoms with Gasteiger partial charge in [0.1, 0.15) is 0 Å². The molecule has 0 aromatic heterocycles. The second-order valence-corrected chi connectivity index (χ2v) is 9.66. The minimum absolute atomic E-state index is 0.740. The average molecular weight is 397 g/mol. The molecule has 0 heterocycles. The molecule has 0 spiro atoms. The van der Waals surface area contributed by atoms with Crippen molar-refractivity contribution in [3.05, 3.63) is 0 Å². The third kappa shape index (κ3) is 22.3. The largest absolute Gasteiger partial charge is 0.384 e. The molecule has 1 nitrogen and oxygen atoms in total. The molecule has 0 N–H and O–H groups in total. The normalized spacial score (nSPS) is 13.7. The topological polar surface area (TPSA) is 9.23 Å². The van der Waals surface area contributed by atoms with Crippen LogP contribution in [-0.4, -0.2) is 13.7 Å². The summed E-state index contributed by atoms with van der Waals surface area (Å²) in [5, 5.41) is 0. The van der Waals surface area contributed by atoms with Crippen LogP contribution in [0.15, 0.2) is 0 Å². The number of methoxy groups -OCH3 is 1. The molecule has 0 bridgehead atoms. The van der Waals surface area contributed by atoms with E-state index in [9.17, 15) is 0 Å².